The lowest BCUT2D eigenvalue weighted by Gasteiger charge is -2.25. The number of benzene rings is 1. The molecule has 0 saturated carbocycles. The molecule has 0 aliphatic rings. The first kappa shape index (κ1) is 22.0. The first-order valence-corrected chi connectivity index (χ1v) is 9.04. The fourth-order valence-corrected chi connectivity index (χ4v) is 2.56. The van der Waals surface area contributed by atoms with Gasteiger partial charge < -0.3 is 14.4 Å². The standard InChI is InChI=1S/C19H19F3N6O3/c1-12(11-31-18-23-9-13(10-24-18)19(20,21)22)27(2)17(29)15-5-4-14(30-3)8-16(15)28-25-6-7-26-28/h4-10,12H,11H2,1-3H3/t12-/m0/s1. The molecule has 2 aromatic heterocycles. The zero-order chi connectivity index (χ0) is 22.6. The summed E-state index contributed by atoms with van der Waals surface area (Å²) in [4.78, 5) is 22.9. The summed E-state index contributed by atoms with van der Waals surface area (Å²) in [5, 5.41) is 8.13. The molecule has 1 amide bonds. The van der Waals surface area contributed by atoms with Crippen molar-refractivity contribution in [1.82, 2.24) is 29.9 Å². The second-order valence-electron chi connectivity index (χ2n) is 6.53. The van der Waals surface area contributed by atoms with Crippen molar-refractivity contribution in [2.45, 2.75) is 19.1 Å². The Bertz CT molecular complexity index is 1030. The molecule has 3 aromatic rings. The number of carbonyl (C=O) groups excluding carboxylic acids is 1. The molecule has 9 nitrogen and oxygen atoms in total. The molecule has 0 fully saturated rings. The maximum absolute atomic E-state index is 13.1. The number of halogens is 3. The van der Waals surface area contributed by atoms with Crippen molar-refractivity contribution in [3.63, 3.8) is 0 Å². The number of rotatable bonds is 7. The molecular formula is C19H19F3N6O3. The molecule has 2 heterocycles. The summed E-state index contributed by atoms with van der Waals surface area (Å²) in [6.45, 7) is 1.69. The van der Waals surface area contributed by atoms with Gasteiger partial charge in [-0.3, -0.25) is 4.79 Å². The number of alkyl halides is 3. The monoisotopic (exact) mass is 436 g/mol. The highest BCUT2D eigenvalue weighted by molar-refractivity contribution is 5.98. The minimum absolute atomic E-state index is 0.0287. The lowest BCUT2D eigenvalue weighted by Crippen LogP contribution is -2.39. The van der Waals surface area contributed by atoms with E-state index in [1.54, 1.807) is 32.2 Å². The van der Waals surface area contributed by atoms with Crippen molar-refractivity contribution >= 4 is 5.91 Å². The minimum Gasteiger partial charge on any atom is -0.497 e. The Morgan fingerprint density at radius 1 is 1.19 bits per heavy atom. The Morgan fingerprint density at radius 2 is 1.84 bits per heavy atom. The summed E-state index contributed by atoms with van der Waals surface area (Å²) in [6, 6.07) is 4.22. The van der Waals surface area contributed by atoms with Gasteiger partial charge in [0.05, 0.1) is 36.7 Å². The summed E-state index contributed by atoms with van der Waals surface area (Å²) in [6.07, 6.45) is -0.279. The van der Waals surface area contributed by atoms with Crippen LogP contribution in [-0.4, -0.2) is 62.6 Å². The second kappa shape index (κ2) is 8.98. The molecule has 3 rings (SSSR count). The molecule has 0 aliphatic heterocycles. The lowest BCUT2D eigenvalue weighted by molar-refractivity contribution is -0.138. The molecule has 0 saturated heterocycles. The summed E-state index contributed by atoms with van der Waals surface area (Å²) in [7, 11) is 3.08. The van der Waals surface area contributed by atoms with Crippen LogP contribution in [0, 0.1) is 0 Å². The first-order valence-electron chi connectivity index (χ1n) is 9.04. The van der Waals surface area contributed by atoms with Crippen LogP contribution in [0.5, 0.6) is 11.8 Å². The van der Waals surface area contributed by atoms with Crippen LogP contribution in [-0.2, 0) is 6.18 Å². The minimum atomic E-state index is -4.53. The van der Waals surface area contributed by atoms with E-state index in [2.05, 4.69) is 20.2 Å². The molecule has 0 radical (unpaired) electrons. The largest absolute Gasteiger partial charge is 0.497 e. The van der Waals surface area contributed by atoms with E-state index in [1.165, 1.54) is 29.2 Å². The Balaban J connectivity index is 1.71. The second-order valence-corrected chi connectivity index (χ2v) is 6.53. The van der Waals surface area contributed by atoms with Crippen LogP contribution >= 0.6 is 0 Å². The summed E-state index contributed by atoms with van der Waals surface area (Å²) < 4.78 is 48.3. The SMILES string of the molecule is COc1ccc(C(=O)N(C)[C@@H](C)COc2ncc(C(F)(F)F)cn2)c(-n2nccn2)c1. The van der Waals surface area contributed by atoms with Gasteiger partial charge in [-0.15, -0.1) is 0 Å². The molecule has 1 aromatic carbocycles. The third-order valence-electron chi connectivity index (χ3n) is 4.46. The van der Waals surface area contributed by atoms with E-state index in [-0.39, 0.29) is 18.5 Å². The van der Waals surface area contributed by atoms with Crippen LogP contribution in [0.25, 0.3) is 5.69 Å². The van der Waals surface area contributed by atoms with Crippen LogP contribution < -0.4 is 9.47 Å². The van der Waals surface area contributed by atoms with Crippen LogP contribution in [0.4, 0.5) is 13.2 Å². The molecule has 31 heavy (non-hydrogen) atoms. The van der Waals surface area contributed by atoms with Gasteiger partial charge in [-0.2, -0.15) is 28.2 Å². The first-order chi connectivity index (χ1) is 14.7. The van der Waals surface area contributed by atoms with E-state index in [4.69, 9.17) is 9.47 Å². The maximum atomic E-state index is 13.1. The van der Waals surface area contributed by atoms with E-state index in [0.717, 1.165) is 0 Å². The number of likely N-dealkylation sites (N-methyl/N-ethyl adjacent to an activating group) is 1. The number of hydrogen-bond acceptors (Lipinski definition) is 7. The van der Waals surface area contributed by atoms with E-state index >= 15 is 0 Å². The third kappa shape index (κ3) is 5.08. The zero-order valence-electron chi connectivity index (χ0n) is 16.9. The fraction of sp³-hybridized carbons (Fsp3) is 0.316. The Hall–Kier alpha value is -3.70. The van der Waals surface area contributed by atoms with Gasteiger partial charge in [0.25, 0.3) is 5.91 Å². The number of ether oxygens (including phenoxy) is 2. The van der Waals surface area contributed by atoms with Crippen LogP contribution in [0.15, 0.2) is 43.0 Å². The van der Waals surface area contributed by atoms with Crippen molar-refractivity contribution in [3.05, 3.63) is 54.1 Å². The summed E-state index contributed by atoms with van der Waals surface area (Å²) in [5.74, 6) is 0.196. The van der Waals surface area contributed by atoms with Gasteiger partial charge in [0, 0.05) is 25.5 Å². The van der Waals surface area contributed by atoms with Gasteiger partial charge in [-0.1, -0.05) is 0 Å². The normalized spacial score (nSPS) is 12.3. The predicted molar refractivity (Wildman–Crippen MR) is 102 cm³/mol. The van der Waals surface area contributed by atoms with Crippen LogP contribution in [0.3, 0.4) is 0 Å². The number of carbonyl (C=O) groups is 1. The highest BCUT2D eigenvalue weighted by Crippen LogP contribution is 2.28. The molecule has 0 bridgehead atoms. The van der Waals surface area contributed by atoms with Crippen molar-refractivity contribution in [1.29, 1.82) is 0 Å². The van der Waals surface area contributed by atoms with Crippen LogP contribution in [0.1, 0.15) is 22.8 Å². The van der Waals surface area contributed by atoms with Crippen molar-refractivity contribution in [2.75, 3.05) is 20.8 Å². The number of amides is 1. The average Bonchev–Trinajstić information content (AvgIpc) is 3.30. The van der Waals surface area contributed by atoms with Gasteiger partial charge in [0.1, 0.15) is 18.0 Å². The van der Waals surface area contributed by atoms with Gasteiger partial charge in [0.2, 0.25) is 0 Å². The number of nitrogens with zero attached hydrogens (tertiary/aromatic N) is 6. The van der Waals surface area contributed by atoms with Gasteiger partial charge >= 0.3 is 12.2 Å². The summed E-state index contributed by atoms with van der Waals surface area (Å²) >= 11 is 0. The molecule has 1 atom stereocenters. The lowest BCUT2D eigenvalue weighted by atomic mass is 10.1. The highest BCUT2D eigenvalue weighted by Gasteiger charge is 2.31. The van der Waals surface area contributed by atoms with Gasteiger partial charge in [0.15, 0.2) is 0 Å². The van der Waals surface area contributed by atoms with E-state index in [0.29, 0.717) is 29.4 Å². The van der Waals surface area contributed by atoms with Gasteiger partial charge in [-0.05, 0) is 19.1 Å². The quantitative estimate of drug-likeness (QED) is 0.562. The molecule has 0 spiro atoms. The summed E-state index contributed by atoms with van der Waals surface area (Å²) in [5.41, 5.74) is -0.211. The molecular weight excluding hydrogens is 417 g/mol. The topological polar surface area (TPSA) is 95.3 Å². The zero-order valence-corrected chi connectivity index (χ0v) is 16.9. The van der Waals surface area contributed by atoms with E-state index in [1.807, 2.05) is 0 Å². The van der Waals surface area contributed by atoms with Crippen molar-refractivity contribution < 1.29 is 27.4 Å². The number of aromatic nitrogens is 5. The fourth-order valence-electron chi connectivity index (χ4n) is 2.56. The molecule has 164 valence electrons. The van der Waals surface area contributed by atoms with Crippen molar-refractivity contribution in [2.24, 2.45) is 0 Å². The van der Waals surface area contributed by atoms with Crippen LogP contribution in [0.2, 0.25) is 0 Å². The van der Waals surface area contributed by atoms with Crippen molar-refractivity contribution in [3.8, 4) is 17.4 Å². The number of hydrogen-bond donors (Lipinski definition) is 0. The molecule has 0 unspecified atom stereocenters. The Kier molecular flexibility index (Phi) is 6.37. The van der Waals surface area contributed by atoms with E-state index < -0.39 is 17.8 Å². The third-order valence-corrected chi connectivity index (χ3v) is 4.46. The average molecular weight is 436 g/mol. The molecule has 0 N–H and O–H groups in total. The predicted octanol–water partition coefficient (Wildman–Crippen LogP) is 2.62. The Morgan fingerprint density at radius 3 is 2.42 bits per heavy atom. The maximum Gasteiger partial charge on any atom is 0.419 e. The Labute approximate surface area is 175 Å². The molecule has 12 heteroatoms. The highest BCUT2D eigenvalue weighted by atomic mass is 19.4. The number of methoxy groups -OCH3 is 1. The molecule has 0 aliphatic carbocycles. The van der Waals surface area contributed by atoms with E-state index in [9.17, 15) is 18.0 Å². The van der Waals surface area contributed by atoms with Gasteiger partial charge in [-0.25, -0.2) is 9.97 Å². The smallest absolute Gasteiger partial charge is 0.419 e.